The molecule has 0 atom stereocenters. The monoisotopic (exact) mass is 351 g/mol. The predicted molar refractivity (Wildman–Crippen MR) is 102 cm³/mol. The van der Waals surface area contributed by atoms with Gasteiger partial charge < -0.3 is 10.2 Å². The molecule has 2 heterocycles. The predicted octanol–water partition coefficient (Wildman–Crippen LogP) is 3.97. The molecule has 1 saturated heterocycles. The van der Waals surface area contributed by atoms with Gasteiger partial charge in [0.25, 0.3) is 11.8 Å². The lowest BCUT2D eigenvalue weighted by atomic mass is 10.1. The molecule has 0 saturated carbocycles. The van der Waals surface area contributed by atoms with Crippen LogP contribution in [0.2, 0.25) is 0 Å². The molecule has 0 spiro atoms. The molecule has 1 aromatic heterocycles. The zero-order valence-electron chi connectivity index (χ0n) is 15.4. The molecule has 0 bridgehead atoms. The van der Waals surface area contributed by atoms with Crippen LogP contribution >= 0.6 is 0 Å². The van der Waals surface area contributed by atoms with Crippen LogP contribution in [0.25, 0.3) is 0 Å². The summed E-state index contributed by atoms with van der Waals surface area (Å²) in [6.45, 7) is 5.54. The van der Waals surface area contributed by atoms with Crippen LogP contribution in [-0.4, -0.2) is 34.8 Å². The summed E-state index contributed by atoms with van der Waals surface area (Å²) in [5.41, 5.74) is 3.67. The smallest absolute Gasteiger partial charge is 0.274 e. The number of carbonyl (C=O) groups excluding carboxylic acids is 2. The van der Waals surface area contributed by atoms with E-state index in [2.05, 4.69) is 10.3 Å². The third kappa shape index (κ3) is 4.48. The van der Waals surface area contributed by atoms with Gasteiger partial charge in [-0.25, -0.2) is 0 Å². The summed E-state index contributed by atoms with van der Waals surface area (Å²) in [5, 5.41) is 2.87. The lowest BCUT2D eigenvalue weighted by Crippen LogP contribution is -2.32. The van der Waals surface area contributed by atoms with Gasteiger partial charge in [-0.1, -0.05) is 18.9 Å². The number of hydrogen-bond donors (Lipinski definition) is 1. The molecule has 5 nitrogen and oxygen atoms in total. The fourth-order valence-electron chi connectivity index (χ4n) is 3.39. The van der Waals surface area contributed by atoms with E-state index in [9.17, 15) is 9.59 Å². The minimum Gasteiger partial charge on any atom is -0.339 e. The van der Waals surface area contributed by atoms with Gasteiger partial charge >= 0.3 is 0 Å². The number of nitrogens with one attached hydrogen (secondary N) is 1. The van der Waals surface area contributed by atoms with Crippen molar-refractivity contribution < 1.29 is 9.59 Å². The Balaban J connectivity index is 1.75. The Morgan fingerprint density at radius 1 is 0.962 bits per heavy atom. The third-order valence-electron chi connectivity index (χ3n) is 4.61. The summed E-state index contributed by atoms with van der Waals surface area (Å²) in [4.78, 5) is 31.3. The lowest BCUT2D eigenvalue weighted by molar-refractivity contribution is 0.0761. The van der Waals surface area contributed by atoms with Gasteiger partial charge in [-0.15, -0.1) is 0 Å². The number of carbonyl (C=O) groups is 2. The molecule has 5 heteroatoms. The molecule has 1 fully saturated rings. The lowest BCUT2D eigenvalue weighted by Gasteiger charge is -2.20. The largest absolute Gasteiger partial charge is 0.339 e. The summed E-state index contributed by atoms with van der Waals surface area (Å²) >= 11 is 0. The standard InChI is InChI=1S/C21H25N3O2/c1-15-11-16(2)13-18(12-15)23-20(25)19-14-17(7-8-22-19)21(26)24-9-5-3-4-6-10-24/h7-8,11-14H,3-6,9-10H2,1-2H3,(H,23,25). The number of aromatic nitrogens is 1. The third-order valence-corrected chi connectivity index (χ3v) is 4.61. The van der Waals surface area contributed by atoms with Crippen molar-refractivity contribution in [3.05, 3.63) is 58.9 Å². The van der Waals surface area contributed by atoms with E-state index in [4.69, 9.17) is 0 Å². The Kier molecular flexibility index (Phi) is 5.66. The van der Waals surface area contributed by atoms with Crippen LogP contribution < -0.4 is 5.32 Å². The highest BCUT2D eigenvalue weighted by Crippen LogP contribution is 2.16. The fourth-order valence-corrected chi connectivity index (χ4v) is 3.39. The average molecular weight is 351 g/mol. The van der Waals surface area contributed by atoms with Crippen molar-refractivity contribution >= 4 is 17.5 Å². The highest BCUT2D eigenvalue weighted by atomic mass is 16.2. The molecule has 1 N–H and O–H groups in total. The van der Waals surface area contributed by atoms with Crippen LogP contribution in [0.4, 0.5) is 5.69 Å². The first-order valence-electron chi connectivity index (χ1n) is 9.18. The van der Waals surface area contributed by atoms with Crippen molar-refractivity contribution in [3.8, 4) is 0 Å². The second-order valence-electron chi connectivity index (χ2n) is 6.97. The first kappa shape index (κ1) is 18.1. The highest BCUT2D eigenvalue weighted by molar-refractivity contribution is 6.04. The fraction of sp³-hybridized carbons (Fsp3) is 0.381. The Morgan fingerprint density at radius 3 is 2.27 bits per heavy atom. The van der Waals surface area contributed by atoms with Gasteiger partial charge in [0.15, 0.2) is 0 Å². The molecule has 2 amide bonds. The van der Waals surface area contributed by atoms with Crippen molar-refractivity contribution in [2.75, 3.05) is 18.4 Å². The van der Waals surface area contributed by atoms with E-state index >= 15 is 0 Å². The normalized spacial score (nSPS) is 14.6. The minimum absolute atomic E-state index is 0.0187. The zero-order chi connectivity index (χ0) is 18.5. The van der Waals surface area contributed by atoms with Gasteiger partial charge in [0.2, 0.25) is 0 Å². The Hall–Kier alpha value is -2.69. The first-order chi connectivity index (χ1) is 12.5. The molecule has 1 aromatic carbocycles. The second kappa shape index (κ2) is 8.13. The van der Waals surface area contributed by atoms with Crippen LogP contribution in [-0.2, 0) is 0 Å². The van der Waals surface area contributed by atoms with E-state index in [0.29, 0.717) is 5.56 Å². The minimum atomic E-state index is -0.305. The van der Waals surface area contributed by atoms with Crippen molar-refractivity contribution in [2.24, 2.45) is 0 Å². The zero-order valence-corrected chi connectivity index (χ0v) is 15.4. The molecule has 0 aliphatic carbocycles. The number of benzene rings is 1. The van der Waals surface area contributed by atoms with Gasteiger partial charge in [0.05, 0.1) is 0 Å². The van der Waals surface area contributed by atoms with Gasteiger partial charge in [-0.05, 0) is 62.1 Å². The topological polar surface area (TPSA) is 62.3 Å². The number of amides is 2. The molecule has 1 aliphatic heterocycles. The molecule has 1 aliphatic rings. The number of likely N-dealkylation sites (tertiary alicyclic amines) is 1. The van der Waals surface area contributed by atoms with Crippen LogP contribution in [0.1, 0.15) is 57.7 Å². The molecule has 3 rings (SSSR count). The number of anilines is 1. The van der Waals surface area contributed by atoms with Crippen molar-refractivity contribution in [1.29, 1.82) is 0 Å². The molecule has 0 unspecified atom stereocenters. The quantitative estimate of drug-likeness (QED) is 0.910. The first-order valence-corrected chi connectivity index (χ1v) is 9.18. The van der Waals surface area contributed by atoms with Crippen LogP contribution in [0.15, 0.2) is 36.5 Å². The van der Waals surface area contributed by atoms with Crippen molar-refractivity contribution in [1.82, 2.24) is 9.88 Å². The van der Waals surface area contributed by atoms with Gasteiger partial charge in [-0.2, -0.15) is 0 Å². The van der Waals surface area contributed by atoms with Crippen LogP contribution in [0.3, 0.4) is 0 Å². The molecule has 26 heavy (non-hydrogen) atoms. The Morgan fingerprint density at radius 2 is 1.62 bits per heavy atom. The van der Waals surface area contributed by atoms with Crippen LogP contribution in [0.5, 0.6) is 0 Å². The number of aryl methyl sites for hydroxylation is 2. The summed E-state index contributed by atoms with van der Waals surface area (Å²) in [6, 6.07) is 9.15. The molecule has 136 valence electrons. The maximum atomic E-state index is 12.7. The van der Waals surface area contributed by atoms with E-state index in [1.54, 1.807) is 12.1 Å². The number of pyridine rings is 1. The van der Waals surface area contributed by atoms with Crippen molar-refractivity contribution in [2.45, 2.75) is 39.5 Å². The Bertz CT molecular complexity index is 788. The summed E-state index contributed by atoms with van der Waals surface area (Å²) in [7, 11) is 0. The van der Waals surface area contributed by atoms with Gasteiger partial charge in [0.1, 0.15) is 5.69 Å². The van der Waals surface area contributed by atoms with Crippen LogP contribution in [0, 0.1) is 13.8 Å². The molecular formula is C21H25N3O2. The van der Waals surface area contributed by atoms with E-state index < -0.39 is 0 Å². The van der Waals surface area contributed by atoms with E-state index in [1.807, 2.05) is 36.9 Å². The van der Waals surface area contributed by atoms with E-state index in [-0.39, 0.29) is 17.5 Å². The van der Waals surface area contributed by atoms with Gasteiger partial charge in [-0.3, -0.25) is 14.6 Å². The SMILES string of the molecule is Cc1cc(C)cc(NC(=O)c2cc(C(=O)N3CCCCCC3)ccn2)c1. The van der Waals surface area contributed by atoms with E-state index in [1.165, 1.54) is 19.0 Å². The number of hydrogen-bond acceptors (Lipinski definition) is 3. The maximum Gasteiger partial charge on any atom is 0.274 e. The maximum absolute atomic E-state index is 12.7. The molecule has 2 aromatic rings. The average Bonchev–Trinajstić information content (AvgIpc) is 2.89. The molecular weight excluding hydrogens is 326 g/mol. The summed E-state index contributed by atoms with van der Waals surface area (Å²) in [6.07, 6.45) is 5.95. The summed E-state index contributed by atoms with van der Waals surface area (Å²) in [5.74, 6) is -0.324. The highest BCUT2D eigenvalue weighted by Gasteiger charge is 2.19. The Labute approximate surface area is 154 Å². The van der Waals surface area contributed by atoms with Crippen molar-refractivity contribution in [3.63, 3.8) is 0 Å². The summed E-state index contributed by atoms with van der Waals surface area (Å²) < 4.78 is 0. The van der Waals surface area contributed by atoms with E-state index in [0.717, 1.165) is 42.7 Å². The van der Waals surface area contributed by atoms with Gasteiger partial charge in [0, 0.05) is 30.5 Å². The second-order valence-corrected chi connectivity index (χ2v) is 6.97. The number of nitrogens with zero attached hydrogens (tertiary/aromatic N) is 2. The number of rotatable bonds is 3. The molecule has 0 radical (unpaired) electrons.